The Morgan fingerprint density at radius 3 is 2.61 bits per heavy atom. The van der Waals surface area contributed by atoms with Crippen LogP contribution in [0.15, 0.2) is 53.4 Å². The van der Waals surface area contributed by atoms with Crippen molar-refractivity contribution in [3.8, 4) is 17.1 Å². The molecule has 10 nitrogen and oxygen atoms in total. The minimum atomic E-state index is -3.53. The van der Waals surface area contributed by atoms with Crippen molar-refractivity contribution in [2.24, 2.45) is 0 Å². The van der Waals surface area contributed by atoms with Crippen molar-refractivity contribution in [2.45, 2.75) is 17.7 Å². The van der Waals surface area contributed by atoms with Crippen molar-refractivity contribution < 1.29 is 22.7 Å². The molecule has 0 saturated carbocycles. The van der Waals surface area contributed by atoms with Gasteiger partial charge < -0.3 is 9.47 Å². The molecule has 1 saturated heterocycles. The molecule has 0 atom stereocenters. The lowest BCUT2D eigenvalue weighted by molar-refractivity contribution is -0.116. The van der Waals surface area contributed by atoms with Crippen molar-refractivity contribution in [2.75, 3.05) is 38.7 Å². The third kappa shape index (κ3) is 5.38. The number of benzene rings is 2. The van der Waals surface area contributed by atoms with E-state index < -0.39 is 10.0 Å². The highest BCUT2D eigenvalue weighted by molar-refractivity contribution is 7.89. The van der Waals surface area contributed by atoms with Crippen molar-refractivity contribution in [1.82, 2.24) is 19.5 Å². The van der Waals surface area contributed by atoms with E-state index in [1.807, 2.05) is 24.3 Å². The number of anilines is 1. The first-order valence-corrected chi connectivity index (χ1v) is 11.9. The molecule has 174 valence electrons. The summed E-state index contributed by atoms with van der Waals surface area (Å²) >= 11 is 0. The number of carbonyl (C=O) groups is 1. The maximum Gasteiger partial charge on any atom is 0.249 e. The van der Waals surface area contributed by atoms with Crippen LogP contribution in [0.3, 0.4) is 0 Å². The Labute approximate surface area is 192 Å². The van der Waals surface area contributed by atoms with Gasteiger partial charge in [0.05, 0.1) is 30.8 Å². The fourth-order valence-corrected chi connectivity index (χ4v) is 4.90. The molecular weight excluding hydrogens is 446 g/mol. The third-order valence-corrected chi connectivity index (χ3v) is 7.18. The number of hydrogen-bond donors (Lipinski definition) is 2. The summed E-state index contributed by atoms with van der Waals surface area (Å²) in [4.78, 5) is 16.9. The number of hydrogen-bond acceptors (Lipinski definition) is 7. The number of carbonyl (C=O) groups excluding carboxylic acids is 1. The number of ether oxygens (including phenoxy) is 2. The number of amides is 1. The Balaban J connectivity index is 1.33. The van der Waals surface area contributed by atoms with E-state index in [2.05, 4.69) is 20.5 Å². The van der Waals surface area contributed by atoms with Crippen LogP contribution in [0.2, 0.25) is 0 Å². The second kappa shape index (κ2) is 10.1. The molecule has 1 aliphatic heterocycles. The first-order valence-electron chi connectivity index (χ1n) is 10.5. The van der Waals surface area contributed by atoms with E-state index in [0.717, 1.165) is 11.1 Å². The molecule has 2 heterocycles. The van der Waals surface area contributed by atoms with Crippen LogP contribution < -0.4 is 10.1 Å². The normalized spacial score (nSPS) is 14.7. The molecule has 1 amide bonds. The first kappa shape index (κ1) is 22.9. The molecule has 1 aliphatic rings. The Morgan fingerprint density at radius 2 is 1.88 bits per heavy atom. The van der Waals surface area contributed by atoms with Gasteiger partial charge in [-0.1, -0.05) is 24.3 Å². The highest BCUT2D eigenvalue weighted by atomic mass is 32.2. The largest absolute Gasteiger partial charge is 0.496 e. The smallest absolute Gasteiger partial charge is 0.249 e. The molecule has 0 radical (unpaired) electrons. The monoisotopic (exact) mass is 471 g/mol. The van der Waals surface area contributed by atoms with Crippen LogP contribution in [-0.4, -0.2) is 67.2 Å². The van der Waals surface area contributed by atoms with Gasteiger partial charge in [-0.2, -0.15) is 9.29 Å². The number of H-pyrrole nitrogens is 1. The number of nitrogens with zero attached hydrogens (tertiary/aromatic N) is 3. The summed E-state index contributed by atoms with van der Waals surface area (Å²) in [5.74, 6) is 1.06. The summed E-state index contributed by atoms with van der Waals surface area (Å²) < 4.78 is 37.4. The third-order valence-electron chi connectivity index (χ3n) is 5.27. The highest BCUT2D eigenvalue weighted by Crippen LogP contribution is 2.27. The number of nitrogens with one attached hydrogen (secondary N) is 2. The topological polar surface area (TPSA) is 127 Å². The van der Waals surface area contributed by atoms with Crippen LogP contribution in [0.5, 0.6) is 5.75 Å². The van der Waals surface area contributed by atoms with Gasteiger partial charge in [-0.15, -0.1) is 5.10 Å². The average molecular weight is 472 g/mol. The predicted octanol–water partition coefficient (Wildman–Crippen LogP) is 2.07. The Kier molecular flexibility index (Phi) is 7.02. The number of methoxy groups -OCH3 is 1. The summed E-state index contributed by atoms with van der Waals surface area (Å²) in [6.45, 7) is 1.50. The second-order valence-electron chi connectivity index (χ2n) is 7.42. The molecule has 3 aromatic rings. The maximum absolute atomic E-state index is 12.7. The zero-order valence-electron chi connectivity index (χ0n) is 18.2. The Hall–Kier alpha value is -3.28. The summed E-state index contributed by atoms with van der Waals surface area (Å²) in [7, 11) is -1.96. The van der Waals surface area contributed by atoms with E-state index in [0.29, 0.717) is 44.3 Å². The molecule has 2 aromatic carbocycles. The Bertz CT molecular complexity index is 1200. The fraction of sp³-hybridized carbons (Fsp3) is 0.318. The molecule has 0 unspecified atom stereocenters. The zero-order valence-corrected chi connectivity index (χ0v) is 19.0. The van der Waals surface area contributed by atoms with E-state index in [1.165, 1.54) is 4.31 Å². The molecule has 2 N–H and O–H groups in total. The molecule has 11 heteroatoms. The van der Waals surface area contributed by atoms with Crippen LogP contribution in [-0.2, 0) is 26.0 Å². The number of para-hydroxylation sites is 1. The van der Waals surface area contributed by atoms with E-state index in [4.69, 9.17) is 9.47 Å². The summed E-state index contributed by atoms with van der Waals surface area (Å²) in [5, 5.41) is 9.51. The van der Waals surface area contributed by atoms with Gasteiger partial charge in [0.15, 0.2) is 5.82 Å². The van der Waals surface area contributed by atoms with Gasteiger partial charge in [0.25, 0.3) is 0 Å². The number of aryl methyl sites for hydroxylation is 1. The van der Waals surface area contributed by atoms with Gasteiger partial charge in [0, 0.05) is 19.5 Å². The molecule has 0 spiro atoms. The number of sulfonamides is 1. The number of aromatic nitrogens is 3. The number of aromatic amines is 1. The molecule has 0 aliphatic carbocycles. The number of morpholine rings is 1. The van der Waals surface area contributed by atoms with E-state index in [9.17, 15) is 13.2 Å². The van der Waals surface area contributed by atoms with Crippen molar-refractivity contribution in [3.05, 3.63) is 54.1 Å². The molecule has 33 heavy (non-hydrogen) atoms. The summed E-state index contributed by atoms with van der Waals surface area (Å²) in [6, 6.07) is 14.0. The summed E-state index contributed by atoms with van der Waals surface area (Å²) in [6.07, 6.45) is 0.654. The SMILES string of the molecule is COc1ccccc1-c1nc(NC(=O)CCc2ccc(S(=O)(=O)N3CCOCC3)cc2)n[nH]1. The van der Waals surface area contributed by atoms with E-state index in [1.54, 1.807) is 31.4 Å². The molecule has 0 bridgehead atoms. The zero-order chi connectivity index (χ0) is 23.3. The number of rotatable bonds is 8. The van der Waals surface area contributed by atoms with Crippen LogP contribution in [0.1, 0.15) is 12.0 Å². The summed E-state index contributed by atoms with van der Waals surface area (Å²) in [5.41, 5.74) is 1.59. The van der Waals surface area contributed by atoms with Gasteiger partial charge in [-0.3, -0.25) is 15.2 Å². The predicted molar refractivity (Wildman–Crippen MR) is 121 cm³/mol. The van der Waals surface area contributed by atoms with Crippen LogP contribution >= 0.6 is 0 Å². The van der Waals surface area contributed by atoms with Gasteiger partial charge in [-0.25, -0.2) is 8.42 Å². The van der Waals surface area contributed by atoms with Crippen molar-refractivity contribution in [1.29, 1.82) is 0 Å². The van der Waals surface area contributed by atoms with E-state index >= 15 is 0 Å². The fourth-order valence-electron chi connectivity index (χ4n) is 3.49. The quantitative estimate of drug-likeness (QED) is 0.515. The average Bonchev–Trinajstić information content (AvgIpc) is 3.31. The van der Waals surface area contributed by atoms with Gasteiger partial charge in [0.2, 0.25) is 21.9 Å². The lowest BCUT2D eigenvalue weighted by atomic mass is 10.1. The van der Waals surface area contributed by atoms with Crippen LogP contribution in [0.4, 0.5) is 5.95 Å². The Morgan fingerprint density at radius 1 is 1.15 bits per heavy atom. The van der Waals surface area contributed by atoms with Crippen LogP contribution in [0, 0.1) is 0 Å². The lowest BCUT2D eigenvalue weighted by Crippen LogP contribution is -2.40. The second-order valence-corrected chi connectivity index (χ2v) is 9.35. The minimum Gasteiger partial charge on any atom is -0.496 e. The molecular formula is C22H25N5O5S. The molecule has 1 fully saturated rings. The molecule has 1 aromatic heterocycles. The van der Waals surface area contributed by atoms with Gasteiger partial charge in [-0.05, 0) is 36.2 Å². The first-order chi connectivity index (χ1) is 16.0. The standard InChI is InChI=1S/C22H25N5O5S/c1-31-19-5-3-2-4-18(19)21-24-22(26-25-21)23-20(28)11-8-16-6-9-17(10-7-16)33(29,30)27-12-14-32-15-13-27/h2-7,9-10H,8,11-15H2,1H3,(H2,23,24,25,26,28). The molecule has 4 rings (SSSR count). The highest BCUT2D eigenvalue weighted by Gasteiger charge is 2.26. The van der Waals surface area contributed by atoms with Gasteiger partial charge in [0.1, 0.15) is 5.75 Å². The van der Waals surface area contributed by atoms with Crippen molar-refractivity contribution >= 4 is 21.9 Å². The maximum atomic E-state index is 12.7. The lowest BCUT2D eigenvalue weighted by Gasteiger charge is -2.26. The van der Waals surface area contributed by atoms with Gasteiger partial charge >= 0.3 is 0 Å². The minimum absolute atomic E-state index is 0.174. The van der Waals surface area contributed by atoms with Crippen LogP contribution in [0.25, 0.3) is 11.4 Å². The van der Waals surface area contributed by atoms with Crippen molar-refractivity contribution in [3.63, 3.8) is 0 Å². The van der Waals surface area contributed by atoms with E-state index in [-0.39, 0.29) is 23.2 Å².